The van der Waals surface area contributed by atoms with Gasteiger partial charge in [-0.05, 0) is 26.0 Å². The van der Waals surface area contributed by atoms with Gasteiger partial charge in [-0.3, -0.25) is 10.3 Å². The van der Waals surface area contributed by atoms with Crippen molar-refractivity contribution in [2.45, 2.75) is 13.8 Å². The largest absolute Gasteiger partial charge is 0.352 e. The van der Waals surface area contributed by atoms with Crippen LogP contribution in [0.25, 0.3) is 5.69 Å². The zero-order chi connectivity index (χ0) is 19.5. The highest BCUT2D eigenvalue weighted by molar-refractivity contribution is 5.88. The predicted octanol–water partition coefficient (Wildman–Crippen LogP) is 2.63. The SMILES string of the molecule is Cc1cnc(C)c(N2CCN(C(=O)Nc3ccnn3-c3ccccc3)CC2)n1. The third-order valence-electron chi connectivity index (χ3n) is 4.80. The van der Waals surface area contributed by atoms with Crippen LogP contribution in [0, 0.1) is 13.8 Å². The van der Waals surface area contributed by atoms with E-state index in [1.165, 1.54) is 0 Å². The smallest absolute Gasteiger partial charge is 0.323 e. The molecule has 1 N–H and O–H groups in total. The van der Waals surface area contributed by atoms with Crippen molar-refractivity contribution in [2.24, 2.45) is 0 Å². The van der Waals surface area contributed by atoms with Gasteiger partial charge in [0.1, 0.15) is 11.6 Å². The summed E-state index contributed by atoms with van der Waals surface area (Å²) in [6.45, 7) is 6.61. The molecule has 0 aliphatic carbocycles. The summed E-state index contributed by atoms with van der Waals surface area (Å²) in [5.41, 5.74) is 2.71. The van der Waals surface area contributed by atoms with Crippen molar-refractivity contribution in [2.75, 3.05) is 36.4 Å². The average molecular weight is 377 g/mol. The van der Waals surface area contributed by atoms with Gasteiger partial charge in [0, 0.05) is 38.4 Å². The van der Waals surface area contributed by atoms with Crippen molar-refractivity contribution in [3.05, 3.63) is 60.2 Å². The van der Waals surface area contributed by atoms with E-state index < -0.39 is 0 Å². The number of para-hydroxylation sites is 1. The second-order valence-corrected chi connectivity index (χ2v) is 6.79. The molecule has 0 spiro atoms. The number of rotatable bonds is 3. The molecule has 3 heterocycles. The molecule has 8 heteroatoms. The van der Waals surface area contributed by atoms with Crippen molar-refractivity contribution in [1.29, 1.82) is 0 Å². The van der Waals surface area contributed by atoms with Gasteiger partial charge in [-0.15, -0.1) is 0 Å². The molecule has 0 atom stereocenters. The van der Waals surface area contributed by atoms with E-state index in [-0.39, 0.29) is 6.03 Å². The lowest BCUT2D eigenvalue weighted by atomic mass is 10.3. The number of aryl methyl sites for hydroxylation is 2. The summed E-state index contributed by atoms with van der Waals surface area (Å²) >= 11 is 0. The second-order valence-electron chi connectivity index (χ2n) is 6.79. The molecular formula is C20H23N7O. The number of amides is 2. The molecule has 1 aromatic carbocycles. The molecule has 2 amide bonds. The molecule has 0 unspecified atom stereocenters. The molecule has 0 bridgehead atoms. The van der Waals surface area contributed by atoms with Crippen molar-refractivity contribution >= 4 is 17.7 Å². The maximum atomic E-state index is 12.7. The molecule has 0 radical (unpaired) electrons. The molecular weight excluding hydrogens is 354 g/mol. The standard InChI is InChI=1S/C20H23N7O/c1-15-14-21-16(2)19(23-15)25-10-12-26(13-11-25)20(28)24-18-8-9-22-27(18)17-6-4-3-5-7-17/h3-9,14H,10-13H2,1-2H3,(H,24,28). The molecule has 4 rings (SSSR count). The first kappa shape index (κ1) is 18.0. The van der Waals surface area contributed by atoms with Crippen LogP contribution in [-0.2, 0) is 0 Å². The topological polar surface area (TPSA) is 79.2 Å². The number of hydrogen-bond acceptors (Lipinski definition) is 5. The molecule has 2 aromatic heterocycles. The summed E-state index contributed by atoms with van der Waals surface area (Å²) in [4.78, 5) is 25.7. The fourth-order valence-electron chi connectivity index (χ4n) is 3.31. The minimum absolute atomic E-state index is 0.121. The lowest BCUT2D eigenvalue weighted by molar-refractivity contribution is 0.208. The fourth-order valence-corrected chi connectivity index (χ4v) is 3.31. The summed E-state index contributed by atoms with van der Waals surface area (Å²) < 4.78 is 1.72. The van der Waals surface area contributed by atoms with Crippen LogP contribution in [0.5, 0.6) is 0 Å². The summed E-state index contributed by atoms with van der Waals surface area (Å²) in [7, 11) is 0. The van der Waals surface area contributed by atoms with Gasteiger partial charge < -0.3 is 9.80 Å². The van der Waals surface area contributed by atoms with E-state index in [1.807, 2.05) is 49.1 Å². The first-order chi connectivity index (χ1) is 13.6. The Bertz CT molecular complexity index is 962. The molecule has 3 aromatic rings. The quantitative estimate of drug-likeness (QED) is 0.759. The van der Waals surface area contributed by atoms with E-state index in [9.17, 15) is 4.79 Å². The lowest BCUT2D eigenvalue weighted by Crippen LogP contribution is -2.50. The van der Waals surface area contributed by atoms with Crippen molar-refractivity contribution in [1.82, 2.24) is 24.6 Å². The van der Waals surface area contributed by atoms with Gasteiger partial charge in [0.25, 0.3) is 0 Å². The number of urea groups is 1. The van der Waals surface area contributed by atoms with Gasteiger partial charge in [0.05, 0.1) is 23.3 Å². The number of anilines is 2. The predicted molar refractivity (Wildman–Crippen MR) is 108 cm³/mol. The van der Waals surface area contributed by atoms with Gasteiger partial charge in [0.2, 0.25) is 0 Å². The van der Waals surface area contributed by atoms with Crippen LogP contribution in [-0.4, -0.2) is 56.9 Å². The van der Waals surface area contributed by atoms with Crippen LogP contribution in [0.3, 0.4) is 0 Å². The number of aromatic nitrogens is 4. The van der Waals surface area contributed by atoms with E-state index >= 15 is 0 Å². The maximum absolute atomic E-state index is 12.7. The Morgan fingerprint density at radius 1 is 1.04 bits per heavy atom. The van der Waals surface area contributed by atoms with Crippen LogP contribution in [0.4, 0.5) is 16.4 Å². The van der Waals surface area contributed by atoms with Crippen LogP contribution in [0.1, 0.15) is 11.4 Å². The number of nitrogens with zero attached hydrogens (tertiary/aromatic N) is 6. The third kappa shape index (κ3) is 3.66. The molecule has 1 saturated heterocycles. The molecule has 144 valence electrons. The Kier molecular flexibility index (Phi) is 4.92. The van der Waals surface area contributed by atoms with Crippen molar-refractivity contribution in [3.63, 3.8) is 0 Å². The molecule has 1 aliphatic rings. The zero-order valence-electron chi connectivity index (χ0n) is 16.0. The van der Waals surface area contributed by atoms with Crippen LogP contribution < -0.4 is 10.2 Å². The number of carbonyl (C=O) groups excluding carboxylic acids is 1. The Morgan fingerprint density at radius 2 is 1.79 bits per heavy atom. The van der Waals surface area contributed by atoms with E-state index in [0.29, 0.717) is 18.9 Å². The lowest BCUT2D eigenvalue weighted by Gasteiger charge is -2.35. The first-order valence-corrected chi connectivity index (χ1v) is 9.32. The average Bonchev–Trinajstić information content (AvgIpc) is 3.18. The summed E-state index contributed by atoms with van der Waals surface area (Å²) in [6, 6.07) is 11.4. The molecule has 8 nitrogen and oxygen atoms in total. The Morgan fingerprint density at radius 3 is 2.54 bits per heavy atom. The van der Waals surface area contributed by atoms with Gasteiger partial charge in [-0.25, -0.2) is 14.5 Å². The second kappa shape index (κ2) is 7.67. The molecule has 0 saturated carbocycles. The number of carbonyl (C=O) groups is 1. The molecule has 28 heavy (non-hydrogen) atoms. The normalized spacial score (nSPS) is 14.2. The molecule has 1 aliphatic heterocycles. The Balaban J connectivity index is 1.40. The zero-order valence-corrected chi connectivity index (χ0v) is 16.0. The summed E-state index contributed by atoms with van der Waals surface area (Å²) in [6.07, 6.45) is 3.46. The van der Waals surface area contributed by atoms with E-state index in [4.69, 9.17) is 0 Å². The highest BCUT2D eigenvalue weighted by Crippen LogP contribution is 2.19. The minimum Gasteiger partial charge on any atom is -0.352 e. The van der Waals surface area contributed by atoms with Gasteiger partial charge in [-0.2, -0.15) is 5.10 Å². The van der Waals surface area contributed by atoms with E-state index in [2.05, 4.69) is 25.3 Å². The third-order valence-corrected chi connectivity index (χ3v) is 4.80. The fraction of sp³-hybridized carbons (Fsp3) is 0.300. The molecule has 1 fully saturated rings. The Hall–Kier alpha value is -3.42. The van der Waals surface area contributed by atoms with E-state index in [1.54, 1.807) is 23.1 Å². The van der Waals surface area contributed by atoms with E-state index in [0.717, 1.165) is 36.0 Å². The van der Waals surface area contributed by atoms with Crippen LogP contribution in [0.2, 0.25) is 0 Å². The maximum Gasteiger partial charge on any atom is 0.323 e. The van der Waals surface area contributed by atoms with Gasteiger partial charge >= 0.3 is 6.03 Å². The highest BCUT2D eigenvalue weighted by Gasteiger charge is 2.24. The highest BCUT2D eigenvalue weighted by atomic mass is 16.2. The minimum atomic E-state index is -0.121. The van der Waals surface area contributed by atoms with Crippen LogP contribution >= 0.6 is 0 Å². The first-order valence-electron chi connectivity index (χ1n) is 9.32. The van der Waals surface area contributed by atoms with Crippen LogP contribution in [0.15, 0.2) is 48.8 Å². The van der Waals surface area contributed by atoms with Gasteiger partial charge in [0.15, 0.2) is 0 Å². The number of hydrogen-bond donors (Lipinski definition) is 1. The van der Waals surface area contributed by atoms with Crippen molar-refractivity contribution < 1.29 is 4.79 Å². The summed E-state index contributed by atoms with van der Waals surface area (Å²) in [5.74, 6) is 1.56. The van der Waals surface area contributed by atoms with Gasteiger partial charge in [-0.1, -0.05) is 18.2 Å². The Labute approximate surface area is 163 Å². The number of piperazine rings is 1. The number of nitrogens with one attached hydrogen (secondary N) is 1. The van der Waals surface area contributed by atoms with Crippen molar-refractivity contribution in [3.8, 4) is 5.69 Å². The summed E-state index contributed by atoms with van der Waals surface area (Å²) in [5, 5.41) is 7.29. The number of benzene rings is 1. The monoisotopic (exact) mass is 377 g/mol.